The highest BCUT2D eigenvalue weighted by atomic mass is 15.3. The van der Waals surface area contributed by atoms with Gasteiger partial charge in [-0.15, -0.1) is 10.2 Å². The van der Waals surface area contributed by atoms with Crippen molar-refractivity contribution >= 4 is 16.6 Å². The third-order valence-corrected chi connectivity index (χ3v) is 4.79. The van der Waals surface area contributed by atoms with Crippen LogP contribution in [-0.2, 0) is 0 Å². The molecule has 3 aromatic rings. The van der Waals surface area contributed by atoms with Gasteiger partial charge in [0.1, 0.15) is 5.69 Å². The molecule has 1 aliphatic rings. The lowest BCUT2D eigenvalue weighted by atomic mass is 10.0. The second kappa shape index (κ2) is 5.99. The van der Waals surface area contributed by atoms with Gasteiger partial charge >= 0.3 is 0 Å². The first kappa shape index (κ1) is 14.2. The van der Waals surface area contributed by atoms with Gasteiger partial charge in [0.05, 0.1) is 0 Å². The van der Waals surface area contributed by atoms with Crippen LogP contribution < -0.4 is 4.90 Å². The van der Waals surface area contributed by atoms with Crippen molar-refractivity contribution in [3.63, 3.8) is 0 Å². The molecule has 0 aliphatic carbocycles. The van der Waals surface area contributed by atoms with Crippen LogP contribution >= 0.6 is 0 Å². The second-order valence-corrected chi connectivity index (χ2v) is 6.32. The summed E-state index contributed by atoms with van der Waals surface area (Å²) >= 11 is 0. The van der Waals surface area contributed by atoms with E-state index in [-0.39, 0.29) is 0 Å². The largest absolute Gasteiger partial charge is 0.352 e. The number of anilines is 1. The van der Waals surface area contributed by atoms with Gasteiger partial charge in [0.2, 0.25) is 0 Å². The highest BCUT2D eigenvalue weighted by molar-refractivity contribution is 6.00. The smallest absolute Gasteiger partial charge is 0.159 e. The first-order valence-electron chi connectivity index (χ1n) is 8.42. The lowest BCUT2D eigenvalue weighted by Gasteiger charge is -2.34. The summed E-state index contributed by atoms with van der Waals surface area (Å²) in [5.74, 6) is 1.03. The number of nitrogens with zero attached hydrogens (tertiary/aromatic N) is 3. The fourth-order valence-corrected chi connectivity index (χ4v) is 3.52. The molecule has 1 atom stereocenters. The normalized spacial score (nSPS) is 18.3. The van der Waals surface area contributed by atoms with Gasteiger partial charge < -0.3 is 4.90 Å². The van der Waals surface area contributed by atoms with Crippen molar-refractivity contribution in [2.75, 3.05) is 11.4 Å². The van der Waals surface area contributed by atoms with Crippen LogP contribution in [0.1, 0.15) is 26.2 Å². The lowest BCUT2D eigenvalue weighted by Crippen LogP contribution is -2.38. The monoisotopic (exact) mass is 303 g/mol. The van der Waals surface area contributed by atoms with Crippen molar-refractivity contribution < 1.29 is 0 Å². The third-order valence-electron chi connectivity index (χ3n) is 4.79. The van der Waals surface area contributed by atoms with E-state index in [1.54, 1.807) is 0 Å². The van der Waals surface area contributed by atoms with E-state index in [9.17, 15) is 0 Å². The van der Waals surface area contributed by atoms with Gasteiger partial charge in [-0.25, -0.2) is 0 Å². The average Bonchev–Trinajstić information content (AvgIpc) is 2.62. The zero-order valence-electron chi connectivity index (χ0n) is 13.4. The maximum Gasteiger partial charge on any atom is 0.159 e. The van der Waals surface area contributed by atoms with Gasteiger partial charge in [-0.05, 0) is 26.2 Å². The van der Waals surface area contributed by atoms with E-state index >= 15 is 0 Å². The number of benzene rings is 2. The van der Waals surface area contributed by atoms with Crippen LogP contribution in [-0.4, -0.2) is 22.8 Å². The summed E-state index contributed by atoms with van der Waals surface area (Å²) < 4.78 is 0. The fourth-order valence-electron chi connectivity index (χ4n) is 3.52. The summed E-state index contributed by atoms with van der Waals surface area (Å²) in [6.45, 7) is 3.37. The summed E-state index contributed by atoms with van der Waals surface area (Å²) in [4.78, 5) is 2.42. The molecule has 1 unspecified atom stereocenters. The molecule has 3 nitrogen and oxygen atoms in total. The van der Waals surface area contributed by atoms with Crippen LogP contribution in [0.2, 0.25) is 0 Å². The lowest BCUT2D eigenvalue weighted by molar-refractivity contribution is 0.481. The Hall–Kier alpha value is -2.42. The van der Waals surface area contributed by atoms with Crippen molar-refractivity contribution in [2.45, 2.75) is 32.2 Å². The minimum atomic E-state index is 0.532. The van der Waals surface area contributed by atoms with E-state index in [2.05, 4.69) is 58.4 Å². The van der Waals surface area contributed by atoms with Crippen molar-refractivity contribution in [1.29, 1.82) is 0 Å². The van der Waals surface area contributed by atoms with Crippen molar-refractivity contribution in [3.05, 3.63) is 54.6 Å². The number of rotatable bonds is 2. The second-order valence-electron chi connectivity index (χ2n) is 6.32. The van der Waals surface area contributed by atoms with Crippen LogP contribution in [0.5, 0.6) is 0 Å². The Kier molecular flexibility index (Phi) is 3.70. The maximum absolute atomic E-state index is 4.63. The molecule has 2 aromatic carbocycles. The van der Waals surface area contributed by atoms with Crippen LogP contribution in [0.15, 0.2) is 54.6 Å². The summed E-state index contributed by atoms with van der Waals surface area (Å²) in [6, 6.07) is 19.4. The van der Waals surface area contributed by atoms with Crippen LogP contribution in [0.3, 0.4) is 0 Å². The molecule has 0 N–H and O–H groups in total. The Labute approximate surface area is 137 Å². The molecule has 0 spiro atoms. The number of aromatic nitrogens is 2. The average molecular weight is 303 g/mol. The fraction of sp³-hybridized carbons (Fsp3) is 0.300. The Morgan fingerprint density at radius 1 is 0.870 bits per heavy atom. The Morgan fingerprint density at radius 2 is 1.61 bits per heavy atom. The molecule has 0 radical (unpaired) electrons. The molecule has 23 heavy (non-hydrogen) atoms. The predicted molar refractivity (Wildman–Crippen MR) is 95.6 cm³/mol. The molecular weight excluding hydrogens is 282 g/mol. The highest BCUT2D eigenvalue weighted by Crippen LogP contribution is 2.33. The maximum atomic E-state index is 4.63. The Morgan fingerprint density at radius 3 is 2.39 bits per heavy atom. The third kappa shape index (κ3) is 2.56. The Bertz CT molecular complexity index is 813. The van der Waals surface area contributed by atoms with Gasteiger partial charge in [0.15, 0.2) is 5.82 Å². The molecule has 1 aliphatic heterocycles. The van der Waals surface area contributed by atoms with Crippen LogP contribution in [0.25, 0.3) is 22.0 Å². The van der Waals surface area contributed by atoms with Gasteiger partial charge in [0.25, 0.3) is 0 Å². The van der Waals surface area contributed by atoms with E-state index in [1.165, 1.54) is 30.0 Å². The summed E-state index contributed by atoms with van der Waals surface area (Å²) in [5, 5.41) is 11.6. The van der Waals surface area contributed by atoms with Crippen LogP contribution in [0, 0.1) is 0 Å². The van der Waals surface area contributed by atoms with Gasteiger partial charge in [0, 0.05) is 28.9 Å². The molecule has 1 fully saturated rings. The van der Waals surface area contributed by atoms with Crippen molar-refractivity contribution in [3.8, 4) is 11.3 Å². The standard InChI is InChI=1S/C20H21N3/c1-15-9-7-8-14-23(15)20-18-13-6-5-12-17(18)19(21-22-20)16-10-3-2-4-11-16/h2-6,10-13,15H,7-9,14H2,1H3. The highest BCUT2D eigenvalue weighted by Gasteiger charge is 2.22. The van der Waals surface area contributed by atoms with Gasteiger partial charge in [-0.1, -0.05) is 54.6 Å². The first-order valence-corrected chi connectivity index (χ1v) is 8.42. The predicted octanol–water partition coefficient (Wildman–Crippen LogP) is 4.68. The zero-order valence-corrected chi connectivity index (χ0v) is 13.4. The first-order chi connectivity index (χ1) is 11.3. The molecule has 1 saturated heterocycles. The zero-order chi connectivity index (χ0) is 15.6. The van der Waals surface area contributed by atoms with E-state index in [4.69, 9.17) is 0 Å². The SMILES string of the molecule is CC1CCCCN1c1nnc(-c2ccccc2)c2ccccc12. The number of hydrogen-bond donors (Lipinski definition) is 0. The van der Waals surface area contributed by atoms with Crippen LogP contribution in [0.4, 0.5) is 5.82 Å². The minimum absolute atomic E-state index is 0.532. The Balaban J connectivity index is 1.89. The molecule has 2 heterocycles. The molecule has 0 amide bonds. The molecule has 116 valence electrons. The molecule has 4 rings (SSSR count). The van der Waals surface area contributed by atoms with Gasteiger partial charge in [-0.2, -0.15) is 0 Å². The molecule has 0 saturated carbocycles. The summed E-state index contributed by atoms with van der Waals surface area (Å²) in [6.07, 6.45) is 3.78. The van der Waals surface area contributed by atoms with E-state index in [0.717, 1.165) is 23.6 Å². The minimum Gasteiger partial charge on any atom is -0.352 e. The molecular formula is C20H21N3. The topological polar surface area (TPSA) is 29.0 Å². The van der Waals surface area contributed by atoms with E-state index < -0.39 is 0 Å². The number of hydrogen-bond acceptors (Lipinski definition) is 3. The molecule has 3 heteroatoms. The number of fused-ring (bicyclic) bond motifs is 1. The molecule has 1 aromatic heterocycles. The summed E-state index contributed by atoms with van der Waals surface area (Å²) in [7, 11) is 0. The van der Waals surface area contributed by atoms with E-state index in [1.807, 2.05) is 18.2 Å². The quantitative estimate of drug-likeness (QED) is 0.688. The summed E-state index contributed by atoms with van der Waals surface area (Å²) in [5.41, 5.74) is 2.09. The van der Waals surface area contributed by atoms with Crippen molar-refractivity contribution in [1.82, 2.24) is 10.2 Å². The van der Waals surface area contributed by atoms with Gasteiger partial charge in [-0.3, -0.25) is 0 Å². The molecule has 0 bridgehead atoms. The van der Waals surface area contributed by atoms with Crippen molar-refractivity contribution in [2.24, 2.45) is 0 Å². The van der Waals surface area contributed by atoms with E-state index in [0.29, 0.717) is 6.04 Å². The number of piperidine rings is 1.